The number of hydrogen-bond donors (Lipinski definition) is 2. The molecule has 0 aliphatic carbocycles. The second-order valence-electron chi connectivity index (χ2n) is 11.0. The zero-order valence-electron chi connectivity index (χ0n) is 24.5. The molecule has 12 heteroatoms. The molecule has 2 aliphatic rings. The van der Waals surface area contributed by atoms with Crippen molar-refractivity contribution < 1.29 is 14.4 Å². The van der Waals surface area contributed by atoms with Crippen LogP contribution in [0, 0.1) is 20.8 Å². The van der Waals surface area contributed by atoms with Gasteiger partial charge in [-0.05, 0) is 59.4 Å². The molecule has 3 aromatic heterocycles. The molecule has 2 N–H and O–H groups in total. The summed E-state index contributed by atoms with van der Waals surface area (Å²) in [5.41, 5.74) is 5.93. The molecule has 11 nitrogen and oxygen atoms in total. The molecule has 0 bridgehead atoms. The van der Waals surface area contributed by atoms with Gasteiger partial charge in [0.1, 0.15) is 30.0 Å². The van der Waals surface area contributed by atoms with Gasteiger partial charge in [0, 0.05) is 48.6 Å². The van der Waals surface area contributed by atoms with E-state index >= 15 is 0 Å². The standard InChI is InChI=1S/C30H35ClN8O3/c1-16-8-9-39(16)30-33-11-20-13-38(14-25(20)34-30)29-17(2)27(26-18(3)37-42-19(26)4)35-28(36-29)23-10-22(6-7-24(23)31)41-15-21(40)12-32-5/h6-7,10-11,16,21,32,40H,8-9,12-15H2,1-5H3/t16-,21+/m0/s1. The van der Waals surface area contributed by atoms with Gasteiger partial charge in [0.05, 0.1) is 34.2 Å². The van der Waals surface area contributed by atoms with E-state index in [0.717, 1.165) is 58.5 Å². The smallest absolute Gasteiger partial charge is 0.225 e. The SMILES string of the molecule is CNC[C@@H](O)COc1ccc(Cl)c(-c2nc(-c3c(C)noc3C)c(C)c(N3Cc4cnc(N5CC[C@@H]5C)nc4C3)n2)c1. The number of nitrogens with one attached hydrogen (secondary N) is 1. The van der Waals surface area contributed by atoms with E-state index in [1.165, 1.54) is 0 Å². The van der Waals surface area contributed by atoms with Crippen molar-refractivity contribution in [1.29, 1.82) is 0 Å². The van der Waals surface area contributed by atoms with Crippen molar-refractivity contribution >= 4 is 23.4 Å². The fourth-order valence-electron chi connectivity index (χ4n) is 5.49. The van der Waals surface area contributed by atoms with Gasteiger partial charge in [-0.3, -0.25) is 0 Å². The molecule has 42 heavy (non-hydrogen) atoms. The number of aryl methyl sites for hydroxylation is 2. The van der Waals surface area contributed by atoms with Crippen LogP contribution >= 0.6 is 11.6 Å². The number of rotatable bonds is 9. The minimum atomic E-state index is -0.646. The molecule has 1 aromatic carbocycles. The van der Waals surface area contributed by atoms with Gasteiger partial charge in [-0.1, -0.05) is 16.8 Å². The highest BCUT2D eigenvalue weighted by Gasteiger charge is 2.31. The normalized spacial score (nSPS) is 16.9. The van der Waals surface area contributed by atoms with Gasteiger partial charge in [-0.2, -0.15) is 0 Å². The first-order valence-electron chi connectivity index (χ1n) is 14.2. The number of aliphatic hydroxyl groups excluding tert-OH is 1. The van der Waals surface area contributed by atoms with Crippen LogP contribution in [0.25, 0.3) is 22.6 Å². The zero-order valence-corrected chi connectivity index (χ0v) is 25.2. The zero-order chi connectivity index (χ0) is 29.5. The number of halogens is 1. The maximum absolute atomic E-state index is 10.1. The quantitative estimate of drug-likeness (QED) is 0.290. The fraction of sp³-hybridized carbons (Fsp3) is 0.433. The predicted molar refractivity (Wildman–Crippen MR) is 161 cm³/mol. The topological polar surface area (TPSA) is 126 Å². The number of likely N-dealkylation sites (N-methyl/N-ethyl adjacent to an activating group) is 1. The van der Waals surface area contributed by atoms with Gasteiger partial charge < -0.3 is 29.5 Å². The average Bonchev–Trinajstić information content (AvgIpc) is 3.54. The number of anilines is 2. The number of benzene rings is 1. The summed E-state index contributed by atoms with van der Waals surface area (Å²) in [4.78, 5) is 24.1. The summed E-state index contributed by atoms with van der Waals surface area (Å²) in [6.07, 6.45) is 2.45. The largest absolute Gasteiger partial charge is 0.491 e. The third kappa shape index (κ3) is 5.28. The summed E-state index contributed by atoms with van der Waals surface area (Å²) in [7, 11) is 1.78. The third-order valence-electron chi connectivity index (χ3n) is 7.97. The Hall–Kier alpha value is -3.80. The van der Waals surface area contributed by atoms with Crippen molar-refractivity contribution in [2.75, 3.05) is 36.5 Å². The first-order valence-corrected chi connectivity index (χ1v) is 14.5. The summed E-state index contributed by atoms with van der Waals surface area (Å²) >= 11 is 6.72. The van der Waals surface area contributed by atoms with Crippen molar-refractivity contribution in [2.45, 2.75) is 59.4 Å². The number of nitrogens with zero attached hydrogens (tertiary/aromatic N) is 7. The molecule has 0 unspecified atom stereocenters. The lowest BCUT2D eigenvalue weighted by Gasteiger charge is -2.38. The number of fused-ring (bicyclic) bond motifs is 1. The lowest BCUT2D eigenvalue weighted by atomic mass is 10.0. The number of aliphatic hydroxyl groups is 1. The van der Waals surface area contributed by atoms with Gasteiger partial charge in [0.25, 0.3) is 0 Å². The molecule has 1 saturated heterocycles. The summed E-state index contributed by atoms with van der Waals surface area (Å²) in [6.45, 7) is 10.8. The summed E-state index contributed by atoms with van der Waals surface area (Å²) in [5.74, 6) is 3.25. The maximum Gasteiger partial charge on any atom is 0.225 e. The van der Waals surface area contributed by atoms with Gasteiger partial charge in [-0.15, -0.1) is 0 Å². The van der Waals surface area contributed by atoms with Crippen LogP contribution < -0.4 is 19.9 Å². The van der Waals surface area contributed by atoms with E-state index in [4.69, 9.17) is 35.8 Å². The molecule has 0 amide bonds. The van der Waals surface area contributed by atoms with Gasteiger partial charge in [0.15, 0.2) is 5.82 Å². The van der Waals surface area contributed by atoms with Crippen LogP contribution in [0.3, 0.4) is 0 Å². The first-order chi connectivity index (χ1) is 20.2. The molecule has 220 valence electrons. The van der Waals surface area contributed by atoms with Crippen LogP contribution in [0.15, 0.2) is 28.9 Å². The molecule has 5 heterocycles. The molecular weight excluding hydrogens is 556 g/mol. The molecular formula is C30H35ClN8O3. The molecule has 4 aromatic rings. The molecule has 0 saturated carbocycles. The summed E-state index contributed by atoms with van der Waals surface area (Å²) in [5, 5.41) is 17.7. The van der Waals surface area contributed by atoms with Gasteiger partial charge >= 0.3 is 0 Å². The van der Waals surface area contributed by atoms with Gasteiger partial charge in [-0.25, -0.2) is 19.9 Å². The second-order valence-corrected chi connectivity index (χ2v) is 11.4. The highest BCUT2D eigenvalue weighted by atomic mass is 35.5. The lowest BCUT2D eigenvalue weighted by Crippen LogP contribution is -2.46. The Morgan fingerprint density at radius 1 is 1.19 bits per heavy atom. The van der Waals surface area contributed by atoms with E-state index in [-0.39, 0.29) is 6.61 Å². The predicted octanol–water partition coefficient (Wildman–Crippen LogP) is 4.25. The van der Waals surface area contributed by atoms with E-state index in [9.17, 15) is 5.11 Å². The minimum Gasteiger partial charge on any atom is -0.491 e. The van der Waals surface area contributed by atoms with Crippen molar-refractivity contribution in [3.8, 4) is 28.4 Å². The molecule has 2 aliphatic heterocycles. The highest BCUT2D eigenvalue weighted by Crippen LogP contribution is 2.39. The monoisotopic (exact) mass is 590 g/mol. The number of aromatic nitrogens is 5. The highest BCUT2D eigenvalue weighted by molar-refractivity contribution is 6.33. The number of hydrogen-bond acceptors (Lipinski definition) is 11. The fourth-order valence-corrected chi connectivity index (χ4v) is 5.70. The van der Waals surface area contributed by atoms with E-state index in [2.05, 4.69) is 32.2 Å². The Morgan fingerprint density at radius 2 is 2.02 bits per heavy atom. The molecule has 6 rings (SSSR count). The van der Waals surface area contributed by atoms with Crippen molar-refractivity contribution in [1.82, 2.24) is 30.4 Å². The Morgan fingerprint density at radius 3 is 2.71 bits per heavy atom. The molecule has 1 fully saturated rings. The van der Waals surface area contributed by atoms with Crippen LogP contribution in [0.1, 0.15) is 41.6 Å². The van der Waals surface area contributed by atoms with Crippen molar-refractivity contribution in [2.24, 2.45) is 0 Å². The molecule has 0 radical (unpaired) electrons. The third-order valence-corrected chi connectivity index (χ3v) is 8.30. The van der Waals surface area contributed by atoms with Crippen LogP contribution in [-0.2, 0) is 13.1 Å². The summed E-state index contributed by atoms with van der Waals surface area (Å²) < 4.78 is 11.4. The first kappa shape index (κ1) is 28.3. The van der Waals surface area contributed by atoms with Crippen LogP contribution in [-0.4, -0.2) is 69.1 Å². The molecule has 2 atom stereocenters. The maximum atomic E-state index is 10.1. The average molecular weight is 591 g/mol. The van der Waals surface area contributed by atoms with Crippen molar-refractivity contribution in [3.63, 3.8) is 0 Å². The van der Waals surface area contributed by atoms with E-state index in [0.29, 0.717) is 53.6 Å². The Labute approximate surface area is 249 Å². The number of ether oxygens (including phenoxy) is 1. The van der Waals surface area contributed by atoms with Gasteiger partial charge in [0.2, 0.25) is 5.95 Å². The van der Waals surface area contributed by atoms with Crippen LogP contribution in [0.2, 0.25) is 5.02 Å². The van der Waals surface area contributed by atoms with Crippen LogP contribution in [0.4, 0.5) is 11.8 Å². The van der Waals surface area contributed by atoms with Crippen LogP contribution in [0.5, 0.6) is 5.75 Å². The Balaban J connectivity index is 1.40. The van der Waals surface area contributed by atoms with E-state index in [1.807, 2.05) is 33.0 Å². The molecule has 0 spiro atoms. The van der Waals surface area contributed by atoms with Crippen molar-refractivity contribution in [3.05, 3.63) is 57.7 Å². The van der Waals surface area contributed by atoms with E-state index < -0.39 is 6.10 Å². The Bertz CT molecular complexity index is 1610. The Kier molecular flexibility index (Phi) is 7.73. The second kappa shape index (κ2) is 11.5. The minimum absolute atomic E-state index is 0.136. The van der Waals surface area contributed by atoms with E-state index in [1.54, 1.807) is 19.2 Å². The summed E-state index contributed by atoms with van der Waals surface area (Å²) in [6, 6.07) is 5.80. The lowest BCUT2D eigenvalue weighted by molar-refractivity contribution is 0.108.